The first-order valence-corrected chi connectivity index (χ1v) is 6.47. The molecule has 1 heterocycles. The Labute approximate surface area is 117 Å². The molecule has 1 aliphatic heterocycles. The van der Waals surface area contributed by atoms with Crippen molar-refractivity contribution in [3.05, 3.63) is 35.9 Å². The third-order valence-corrected chi connectivity index (χ3v) is 2.98. The van der Waals surface area contributed by atoms with Crippen LogP contribution in [0.5, 0.6) is 0 Å². The zero-order valence-corrected chi connectivity index (χ0v) is 11.5. The predicted octanol–water partition coefficient (Wildman–Crippen LogP) is 2.17. The molecule has 104 valence electrons. The Morgan fingerprint density at radius 1 is 1.35 bits per heavy atom. The van der Waals surface area contributed by atoms with E-state index in [1.165, 1.54) is 6.92 Å². The minimum atomic E-state index is -0.0885. The first-order valence-electron chi connectivity index (χ1n) is 6.47. The molecule has 2 amide bonds. The first kappa shape index (κ1) is 14.0. The van der Waals surface area contributed by atoms with Crippen molar-refractivity contribution in [1.82, 2.24) is 5.43 Å². The van der Waals surface area contributed by atoms with Crippen LogP contribution in [0.2, 0.25) is 0 Å². The number of hydrogen-bond donors (Lipinski definition) is 2. The van der Waals surface area contributed by atoms with E-state index >= 15 is 0 Å². The highest BCUT2D eigenvalue weighted by Crippen LogP contribution is 2.14. The average Bonchev–Trinajstić information content (AvgIpc) is 2.39. The van der Waals surface area contributed by atoms with Gasteiger partial charge in [0.25, 0.3) is 0 Å². The fourth-order valence-corrected chi connectivity index (χ4v) is 1.93. The summed E-state index contributed by atoms with van der Waals surface area (Å²) in [5, 5.41) is 6.75. The number of carbonyl (C=O) groups is 2. The van der Waals surface area contributed by atoms with Crippen molar-refractivity contribution in [2.45, 2.75) is 20.3 Å². The lowest BCUT2D eigenvalue weighted by molar-refractivity contribution is -0.122. The number of anilines is 1. The molecule has 1 aromatic rings. The van der Waals surface area contributed by atoms with Gasteiger partial charge in [-0.2, -0.15) is 5.10 Å². The molecule has 0 saturated heterocycles. The van der Waals surface area contributed by atoms with Crippen molar-refractivity contribution in [1.29, 1.82) is 0 Å². The van der Waals surface area contributed by atoms with Crippen LogP contribution in [0.15, 0.2) is 35.4 Å². The number of benzene rings is 1. The lowest BCUT2D eigenvalue weighted by atomic mass is 9.99. The second kappa shape index (κ2) is 6.14. The van der Waals surface area contributed by atoms with E-state index in [0.717, 1.165) is 17.0 Å². The smallest absolute Gasteiger partial charge is 0.240 e. The predicted molar refractivity (Wildman–Crippen MR) is 79.1 cm³/mol. The summed E-state index contributed by atoms with van der Waals surface area (Å²) in [6, 6.07) is 7.51. The number of nitrogens with one attached hydrogen (secondary N) is 2. The highest BCUT2D eigenvalue weighted by atomic mass is 16.2. The van der Waals surface area contributed by atoms with Gasteiger partial charge in [0.05, 0.1) is 5.71 Å². The molecule has 0 aromatic heterocycles. The molecular formula is C15H17N3O2. The van der Waals surface area contributed by atoms with Gasteiger partial charge in [-0.05, 0) is 23.8 Å². The molecule has 1 aliphatic rings. The van der Waals surface area contributed by atoms with Crippen LogP contribution in [0.3, 0.4) is 0 Å². The van der Waals surface area contributed by atoms with E-state index in [0.29, 0.717) is 6.42 Å². The van der Waals surface area contributed by atoms with Gasteiger partial charge in [0.1, 0.15) is 0 Å². The number of nitrogens with zero attached hydrogens (tertiary/aromatic N) is 1. The molecule has 2 N–H and O–H groups in total. The third-order valence-electron chi connectivity index (χ3n) is 2.98. The average molecular weight is 271 g/mol. The topological polar surface area (TPSA) is 70.6 Å². The zero-order chi connectivity index (χ0) is 14.5. The summed E-state index contributed by atoms with van der Waals surface area (Å²) in [7, 11) is 0. The largest absolute Gasteiger partial charge is 0.326 e. The molecule has 0 bridgehead atoms. The lowest BCUT2D eigenvalue weighted by Gasteiger charge is -2.16. The Kier molecular flexibility index (Phi) is 4.30. The van der Waals surface area contributed by atoms with E-state index in [4.69, 9.17) is 0 Å². The van der Waals surface area contributed by atoms with Gasteiger partial charge in [0.15, 0.2) is 0 Å². The van der Waals surface area contributed by atoms with Crippen molar-refractivity contribution >= 4 is 29.3 Å². The maximum Gasteiger partial charge on any atom is 0.240 e. The first-order chi connectivity index (χ1) is 9.54. The van der Waals surface area contributed by atoms with Crippen LogP contribution >= 0.6 is 0 Å². The highest BCUT2D eigenvalue weighted by molar-refractivity contribution is 6.03. The van der Waals surface area contributed by atoms with Gasteiger partial charge in [-0.3, -0.25) is 9.59 Å². The van der Waals surface area contributed by atoms with E-state index in [9.17, 15) is 9.59 Å². The Hall–Kier alpha value is -2.43. The van der Waals surface area contributed by atoms with Crippen LogP contribution in [-0.2, 0) is 9.59 Å². The molecule has 0 radical (unpaired) electrons. The molecule has 5 heteroatoms. The van der Waals surface area contributed by atoms with Crippen molar-refractivity contribution in [3.8, 4) is 0 Å². The van der Waals surface area contributed by atoms with E-state index < -0.39 is 0 Å². The van der Waals surface area contributed by atoms with Gasteiger partial charge in [0.2, 0.25) is 11.8 Å². The molecule has 0 aliphatic carbocycles. The van der Waals surface area contributed by atoms with Gasteiger partial charge in [0, 0.05) is 24.9 Å². The van der Waals surface area contributed by atoms with Gasteiger partial charge in [-0.1, -0.05) is 25.1 Å². The van der Waals surface area contributed by atoms with Crippen LogP contribution < -0.4 is 10.7 Å². The second-order valence-electron chi connectivity index (χ2n) is 4.81. The van der Waals surface area contributed by atoms with E-state index in [-0.39, 0.29) is 17.7 Å². The minimum Gasteiger partial charge on any atom is -0.326 e. The Morgan fingerprint density at radius 2 is 2.05 bits per heavy atom. The Morgan fingerprint density at radius 3 is 2.65 bits per heavy atom. The molecule has 0 fully saturated rings. The maximum atomic E-state index is 11.1. The molecule has 20 heavy (non-hydrogen) atoms. The molecule has 0 spiro atoms. The van der Waals surface area contributed by atoms with E-state index in [1.807, 2.05) is 43.3 Å². The fraction of sp³-hybridized carbons (Fsp3) is 0.267. The molecule has 1 unspecified atom stereocenters. The number of rotatable bonds is 3. The molecular weight excluding hydrogens is 254 g/mol. The van der Waals surface area contributed by atoms with Crippen molar-refractivity contribution in [3.63, 3.8) is 0 Å². The molecule has 0 saturated carbocycles. The Balaban J connectivity index is 2.04. The summed E-state index contributed by atoms with van der Waals surface area (Å²) in [5.74, 6) is -0.0117. The van der Waals surface area contributed by atoms with Crippen LogP contribution in [0.4, 0.5) is 5.69 Å². The van der Waals surface area contributed by atoms with Crippen LogP contribution in [0.1, 0.15) is 25.8 Å². The van der Waals surface area contributed by atoms with E-state index in [1.54, 1.807) is 0 Å². The minimum absolute atomic E-state index is 0.0469. The summed E-state index contributed by atoms with van der Waals surface area (Å²) < 4.78 is 0. The number of amides is 2. The third kappa shape index (κ3) is 3.78. The zero-order valence-electron chi connectivity index (χ0n) is 11.5. The summed E-state index contributed by atoms with van der Waals surface area (Å²) in [4.78, 5) is 22.1. The summed E-state index contributed by atoms with van der Waals surface area (Å²) in [5.41, 5.74) is 5.11. The number of hydrogen-bond acceptors (Lipinski definition) is 3. The standard InChI is InChI=1S/C15H17N3O2/c1-10-9-15(20)18-17-14(10)8-5-12-3-6-13(7-4-12)16-11(2)19/h3-8,10H,9H2,1-2H3,(H,16,19)(H,18,20)/b8-5+. The molecule has 1 atom stereocenters. The second-order valence-corrected chi connectivity index (χ2v) is 4.81. The molecule has 5 nitrogen and oxygen atoms in total. The van der Waals surface area contributed by atoms with Crippen LogP contribution in [-0.4, -0.2) is 17.5 Å². The number of allylic oxidation sites excluding steroid dienone is 1. The normalized spacial score (nSPS) is 18.6. The number of carbonyl (C=O) groups excluding carboxylic acids is 2. The summed E-state index contributed by atoms with van der Waals surface area (Å²) in [6.45, 7) is 3.45. The lowest BCUT2D eigenvalue weighted by Crippen LogP contribution is -2.30. The summed E-state index contributed by atoms with van der Waals surface area (Å²) in [6.07, 6.45) is 4.30. The van der Waals surface area contributed by atoms with E-state index in [2.05, 4.69) is 15.8 Å². The van der Waals surface area contributed by atoms with Crippen LogP contribution in [0, 0.1) is 5.92 Å². The quantitative estimate of drug-likeness (QED) is 0.884. The number of hydrazone groups is 1. The Bertz CT molecular complexity index is 573. The highest BCUT2D eigenvalue weighted by Gasteiger charge is 2.17. The van der Waals surface area contributed by atoms with Gasteiger partial charge in [-0.15, -0.1) is 0 Å². The van der Waals surface area contributed by atoms with Gasteiger partial charge < -0.3 is 5.32 Å². The van der Waals surface area contributed by atoms with Gasteiger partial charge in [-0.25, -0.2) is 5.43 Å². The van der Waals surface area contributed by atoms with Crippen LogP contribution in [0.25, 0.3) is 6.08 Å². The van der Waals surface area contributed by atoms with Gasteiger partial charge >= 0.3 is 0 Å². The SMILES string of the molecule is CC(=O)Nc1ccc(/C=C/C2=NNC(=O)CC2C)cc1. The monoisotopic (exact) mass is 271 g/mol. The van der Waals surface area contributed by atoms with Crippen molar-refractivity contribution < 1.29 is 9.59 Å². The van der Waals surface area contributed by atoms with Crippen molar-refractivity contribution in [2.75, 3.05) is 5.32 Å². The maximum absolute atomic E-state index is 11.1. The molecule has 1 aromatic carbocycles. The van der Waals surface area contributed by atoms with Crippen molar-refractivity contribution in [2.24, 2.45) is 11.0 Å². The molecule has 2 rings (SSSR count). The summed E-state index contributed by atoms with van der Waals surface area (Å²) >= 11 is 0. The fourth-order valence-electron chi connectivity index (χ4n) is 1.93.